The van der Waals surface area contributed by atoms with Crippen LogP contribution in [0.25, 0.3) is 0 Å². The maximum Gasteiger partial charge on any atom is 0.308 e. The van der Waals surface area contributed by atoms with Crippen molar-refractivity contribution in [3.8, 4) is 0 Å². The number of anilines is 1. The molecule has 1 unspecified atom stereocenters. The highest BCUT2D eigenvalue weighted by molar-refractivity contribution is 5.71. The predicted octanol–water partition coefficient (Wildman–Crippen LogP) is 3.49. The molecule has 1 rings (SSSR count). The first-order valence-corrected chi connectivity index (χ1v) is 6.87. The van der Waals surface area contributed by atoms with Crippen LogP contribution >= 0.6 is 0 Å². The first-order valence-electron chi connectivity index (χ1n) is 6.87. The molecule has 0 radical (unpaired) electrons. The average molecular weight is 263 g/mol. The van der Waals surface area contributed by atoms with Gasteiger partial charge in [0.2, 0.25) is 0 Å². The summed E-state index contributed by atoms with van der Waals surface area (Å²) in [4.78, 5) is 13.3. The number of para-hydroxylation sites is 1. The van der Waals surface area contributed by atoms with Gasteiger partial charge in [-0.25, -0.2) is 0 Å². The summed E-state index contributed by atoms with van der Waals surface area (Å²) >= 11 is 0. The largest absolute Gasteiger partial charge is 0.481 e. The van der Waals surface area contributed by atoms with Crippen molar-refractivity contribution in [3.05, 3.63) is 29.3 Å². The number of aryl methyl sites for hydroxylation is 2. The zero-order valence-corrected chi connectivity index (χ0v) is 12.6. The maximum atomic E-state index is 11.1. The van der Waals surface area contributed by atoms with Crippen LogP contribution in [0.2, 0.25) is 0 Å². The molecule has 106 valence electrons. The van der Waals surface area contributed by atoms with Crippen LogP contribution < -0.4 is 4.90 Å². The Hall–Kier alpha value is -1.51. The minimum absolute atomic E-state index is 0.363. The van der Waals surface area contributed by atoms with Crippen LogP contribution in [0.1, 0.15) is 31.9 Å². The van der Waals surface area contributed by atoms with Gasteiger partial charge < -0.3 is 10.0 Å². The molecule has 0 saturated heterocycles. The lowest BCUT2D eigenvalue weighted by Gasteiger charge is -2.31. The smallest absolute Gasteiger partial charge is 0.308 e. The molecule has 0 aromatic heterocycles. The highest BCUT2D eigenvalue weighted by atomic mass is 16.4. The zero-order chi connectivity index (χ0) is 14.6. The lowest BCUT2D eigenvalue weighted by atomic mass is 10.0. The first-order chi connectivity index (χ1) is 8.82. The molecular formula is C16H25NO2. The molecule has 0 aliphatic rings. The number of benzene rings is 1. The van der Waals surface area contributed by atoms with E-state index in [2.05, 4.69) is 44.7 Å². The number of nitrogens with zero attached hydrogens (tertiary/aromatic N) is 1. The molecule has 0 aliphatic carbocycles. The van der Waals surface area contributed by atoms with E-state index in [4.69, 9.17) is 5.11 Å². The Morgan fingerprint density at radius 1 is 1.16 bits per heavy atom. The molecule has 0 aliphatic heterocycles. The van der Waals surface area contributed by atoms with Gasteiger partial charge in [0.05, 0.1) is 5.92 Å². The van der Waals surface area contributed by atoms with Crippen LogP contribution in [0.5, 0.6) is 0 Å². The minimum Gasteiger partial charge on any atom is -0.481 e. The molecule has 0 spiro atoms. The second-order valence-corrected chi connectivity index (χ2v) is 5.78. The van der Waals surface area contributed by atoms with Gasteiger partial charge in [-0.3, -0.25) is 4.79 Å². The van der Waals surface area contributed by atoms with Crippen molar-refractivity contribution in [2.24, 2.45) is 11.8 Å². The van der Waals surface area contributed by atoms with E-state index in [1.165, 1.54) is 16.8 Å². The van der Waals surface area contributed by atoms with Gasteiger partial charge in [0, 0.05) is 18.8 Å². The zero-order valence-electron chi connectivity index (χ0n) is 12.6. The summed E-state index contributed by atoms with van der Waals surface area (Å²) in [7, 11) is 0. The molecule has 1 aromatic rings. The summed E-state index contributed by atoms with van der Waals surface area (Å²) in [5.74, 6) is -0.599. The van der Waals surface area contributed by atoms with Crippen molar-refractivity contribution in [2.75, 3.05) is 18.0 Å². The van der Waals surface area contributed by atoms with Gasteiger partial charge in [0.1, 0.15) is 0 Å². The summed E-state index contributed by atoms with van der Waals surface area (Å²) < 4.78 is 0. The van der Waals surface area contributed by atoms with Gasteiger partial charge in [0.15, 0.2) is 0 Å². The Morgan fingerprint density at radius 3 is 2.11 bits per heavy atom. The molecule has 0 heterocycles. The van der Waals surface area contributed by atoms with Gasteiger partial charge in [-0.15, -0.1) is 0 Å². The van der Waals surface area contributed by atoms with Crippen molar-refractivity contribution < 1.29 is 9.90 Å². The SMILES string of the molecule is Cc1cccc(C)c1N(CC(C)C)CC(C)C(=O)O. The van der Waals surface area contributed by atoms with Gasteiger partial charge in [-0.05, 0) is 30.9 Å². The van der Waals surface area contributed by atoms with Crippen LogP contribution in [0, 0.1) is 25.7 Å². The Kier molecular flexibility index (Phi) is 5.40. The van der Waals surface area contributed by atoms with Crippen LogP contribution in [0.15, 0.2) is 18.2 Å². The van der Waals surface area contributed by atoms with Gasteiger partial charge in [-0.1, -0.05) is 39.0 Å². The quantitative estimate of drug-likeness (QED) is 0.854. The van der Waals surface area contributed by atoms with Crippen molar-refractivity contribution in [3.63, 3.8) is 0 Å². The topological polar surface area (TPSA) is 40.5 Å². The van der Waals surface area contributed by atoms with E-state index in [0.29, 0.717) is 12.5 Å². The van der Waals surface area contributed by atoms with E-state index < -0.39 is 5.97 Å². The highest BCUT2D eigenvalue weighted by Crippen LogP contribution is 2.26. The fraction of sp³-hybridized carbons (Fsp3) is 0.562. The van der Waals surface area contributed by atoms with Crippen molar-refractivity contribution in [1.82, 2.24) is 0 Å². The average Bonchev–Trinajstić information content (AvgIpc) is 2.27. The van der Waals surface area contributed by atoms with Crippen LogP contribution in [0.3, 0.4) is 0 Å². The highest BCUT2D eigenvalue weighted by Gasteiger charge is 2.19. The van der Waals surface area contributed by atoms with Crippen LogP contribution in [-0.2, 0) is 4.79 Å². The normalized spacial score (nSPS) is 12.5. The third-order valence-corrected chi connectivity index (χ3v) is 3.26. The van der Waals surface area contributed by atoms with E-state index in [9.17, 15) is 4.79 Å². The van der Waals surface area contributed by atoms with E-state index in [1.54, 1.807) is 6.92 Å². The molecule has 0 fully saturated rings. The number of aliphatic carboxylic acids is 1. The Labute approximate surface area is 116 Å². The molecule has 3 heteroatoms. The van der Waals surface area contributed by atoms with E-state index in [1.807, 2.05) is 6.07 Å². The van der Waals surface area contributed by atoms with Crippen LogP contribution in [0.4, 0.5) is 5.69 Å². The van der Waals surface area contributed by atoms with Crippen molar-refractivity contribution in [1.29, 1.82) is 0 Å². The molecular weight excluding hydrogens is 238 g/mol. The number of hydrogen-bond donors (Lipinski definition) is 1. The number of carboxylic acid groups (broad SMARTS) is 1. The first kappa shape index (κ1) is 15.5. The molecule has 0 amide bonds. The van der Waals surface area contributed by atoms with E-state index in [-0.39, 0.29) is 5.92 Å². The molecule has 1 N–H and O–H groups in total. The van der Waals surface area contributed by atoms with E-state index >= 15 is 0 Å². The molecule has 1 atom stereocenters. The van der Waals surface area contributed by atoms with Gasteiger partial charge in [0.25, 0.3) is 0 Å². The Balaban J connectivity index is 3.06. The lowest BCUT2D eigenvalue weighted by molar-refractivity contribution is -0.140. The second-order valence-electron chi connectivity index (χ2n) is 5.78. The predicted molar refractivity (Wildman–Crippen MR) is 79.8 cm³/mol. The molecule has 0 saturated carbocycles. The minimum atomic E-state index is -0.736. The van der Waals surface area contributed by atoms with Crippen LogP contribution in [-0.4, -0.2) is 24.2 Å². The third kappa shape index (κ3) is 4.27. The number of rotatable bonds is 6. The summed E-state index contributed by atoms with van der Waals surface area (Å²) in [6, 6.07) is 6.21. The molecule has 1 aromatic carbocycles. The van der Waals surface area contributed by atoms with Gasteiger partial charge >= 0.3 is 5.97 Å². The summed E-state index contributed by atoms with van der Waals surface area (Å²) in [6.07, 6.45) is 0. The molecule has 19 heavy (non-hydrogen) atoms. The maximum absolute atomic E-state index is 11.1. The second kappa shape index (κ2) is 6.60. The molecule has 3 nitrogen and oxygen atoms in total. The third-order valence-electron chi connectivity index (χ3n) is 3.26. The number of hydrogen-bond acceptors (Lipinski definition) is 2. The number of carbonyl (C=O) groups is 1. The van der Waals surface area contributed by atoms with Crippen molar-refractivity contribution in [2.45, 2.75) is 34.6 Å². The summed E-state index contributed by atoms with van der Waals surface area (Å²) in [6.45, 7) is 11.7. The fourth-order valence-corrected chi connectivity index (χ4v) is 2.41. The lowest BCUT2D eigenvalue weighted by Crippen LogP contribution is -2.35. The van der Waals surface area contributed by atoms with Gasteiger partial charge in [-0.2, -0.15) is 0 Å². The summed E-state index contributed by atoms with van der Waals surface area (Å²) in [5.41, 5.74) is 3.60. The van der Waals surface area contributed by atoms with Crippen molar-refractivity contribution >= 4 is 11.7 Å². The monoisotopic (exact) mass is 263 g/mol. The number of carboxylic acids is 1. The standard InChI is InChI=1S/C16H25NO2/c1-11(2)9-17(10-14(5)16(18)19)15-12(3)7-6-8-13(15)4/h6-8,11,14H,9-10H2,1-5H3,(H,18,19). The Morgan fingerprint density at radius 2 is 1.68 bits per heavy atom. The summed E-state index contributed by atoms with van der Waals surface area (Å²) in [5, 5.41) is 9.12. The molecule has 0 bridgehead atoms. The van der Waals surface area contributed by atoms with E-state index in [0.717, 1.165) is 6.54 Å². The Bertz CT molecular complexity index is 420. The fourth-order valence-electron chi connectivity index (χ4n) is 2.41.